The normalized spacial score (nSPS) is 16.1. The molecule has 0 unspecified atom stereocenters. The van der Waals surface area contributed by atoms with E-state index in [9.17, 15) is 18.0 Å². The highest BCUT2D eigenvalue weighted by molar-refractivity contribution is 6.33. The predicted octanol–water partition coefficient (Wildman–Crippen LogP) is 4.05. The fourth-order valence-electron chi connectivity index (χ4n) is 2.61. The zero-order chi connectivity index (χ0) is 17.2. The Bertz CT molecular complexity index is 567. The number of carbonyl (C=O) groups excluding carboxylic acids is 1. The largest absolute Gasteiger partial charge is 0.416 e. The molecule has 1 aromatic rings. The van der Waals surface area contributed by atoms with Crippen molar-refractivity contribution in [3.05, 3.63) is 28.8 Å². The smallest absolute Gasteiger partial charge is 0.367 e. The summed E-state index contributed by atoms with van der Waals surface area (Å²) < 4.78 is 38.5. The third kappa shape index (κ3) is 4.53. The minimum Gasteiger partial charge on any atom is -0.367 e. The van der Waals surface area contributed by atoms with Gasteiger partial charge in [0.15, 0.2) is 0 Å². The van der Waals surface area contributed by atoms with Crippen LogP contribution in [0.4, 0.5) is 18.9 Å². The maximum absolute atomic E-state index is 12.8. The van der Waals surface area contributed by atoms with Crippen LogP contribution in [-0.2, 0) is 11.0 Å². The van der Waals surface area contributed by atoms with Gasteiger partial charge in [-0.1, -0.05) is 25.4 Å². The molecule has 0 bridgehead atoms. The summed E-state index contributed by atoms with van der Waals surface area (Å²) in [6.45, 7) is 5.92. The van der Waals surface area contributed by atoms with Gasteiger partial charge in [-0.15, -0.1) is 0 Å². The number of rotatable bonds is 3. The van der Waals surface area contributed by atoms with Crippen molar-refractivity contribution in [2.45, 2.75) is 26.4 Å². The van der Waals surface area contributed by atoms with Gasteiger partial charge < -0.3 is 9.80 Å². The topological polar surface area (TPSA) is 23.6 Å². The Morgan fingerprint density at radius 3 is 2.35 bits per heavy atom. The second kappa shape index (κ2) is 6.99. The molecule has 1 aromatic carbocycles. The van der Waals surface area contributed by atoms with Crippen molar-refractivity contribution in [2.24, 2.45) is 5.92 Å². The molecule has 0 N–H and O–H groups in total. The highest BCUT2D eigenvalue weighted by atomic mass is 35.5. The lowest BCUT2D eigenvalue weighted by molar-refractivity contribution is -0.137. The molecule has 0 spiro atoms. The molecule has 23 heavy (non-hydrogen) atoms. The zero-order valence-electron chi connectivity index (χ0n) is 13.2. The summed E-state index contributed by atoms with van der Waals surface area (Å²) in [4.78, 5) is 15.6. The molecule has 1 amide bonds. The Labute approximate surface area is 139 Å². The molecule has 0 aromatic heterocycles. The first kappa shape index (κ1) is 17.9. The van der Waals surface area contributed by atoms with Crippen molar-refractivity contribution in [1.29, 1.82) is 0 Å². The SMILES string of the molecule is CC(C)CC(=O)N1CCN(c2cc(C(F)(F)F)ccc2Cl)CC1. The molecule has 3 nitrogen and oxygen atoms in total. The number of benzene rings is 1. The summed E-state index contributed by atoms with van der Waals surface area (Å²) in [6.07, 6.45) is -3.90. The zero-order valence-corrected chi connectivity index (χ0v) is 13.9. The van der Waals surface area contributed by atoms with E-state index in [1.165, 1.54) is 6.07 Å². The highest BCUT2D eigenvalue weighted by Crippen LogP contribution is 2.35. The van der Waals surface area contributed by atoms with Crippen LogP contribution in [0.2, 0.25) is 5.02 Å². The monoisotopic (exact) mass is 348 g/mol. The lowest BCUT2D eigenvalue weighted by atomic mass is 10.1. The minimum absolute atomic E-state index is 0.0924. The molecule has 7 heteroatoms. The number of piperazine rings is 1. The van der Waals surface area contributed by atoms with Crippen LogP contribution in [0.25, 0.3) is 0 Å². The number of nitrogens with zero attached hydrogens (tertiary/aromatic N) is 2. The lowest BCUT2D eigenvalue weighted by Gasteiger charge is -2.37. The van der Waals surface area contributed by atoms with Gasteiger partial charge in [-0.2, -0.15) is 13.2 Å². The Kier molecular flexibility index (Phi) is 5.45. The predicted molar refractivity (Wildman–Crippen MR) is 84.7 cm³/mol. The summed E-state index contributed by atoms with van der Waals surface area (Å²) in [5, 5.41) is 0.292. The molecular weight excluding hydrogens is 329 g/mol. The average Bonchev–Trinajstić information content (AvgIpc) is 2.46. The van der Waals surface area contributed by atoms with E-state index in [0.717, 1.165) is 12.1 Å². The molecular formula is C16H20ClF3N2O. The summed E-state index contributed by atoms with van der Waals surface area (Å²) in [5.41, 5.74) is -0.340. The van der Waals surface area contributed by atoms with E-state index in [1.54, 1.807) is 9.80 Å². The number of hydrogen-bond donors (Lipinski definition) is 0. The standard InChI is InChI=1S/C16H20ClF3N2O/c1-11(2)9-15(23)22-7-5-21(6-8-22)14-10-12(16(18,19)20)3-4-13(14)17/h3-4,10-11H,5-9H2,1-2H3. The van der Waals surface area contributed by atoms with Crippen LogP contribution in [0, 0.1) is 5.92 Å². The van der Waals surface area contributed by atoms with E-state index in [2.05, 4.69) is 0 Å². The van der Waals surface area contributed by atoms with Gasteiger partial charge in [0.1, 0.15) is 0 Å². The highest BCUT2D eigenvalue weighted by Gasteiger charge is 2.32. The average molecular weight is 349 g/mol. The quantitative estimate of drug-likeness (QED) is 0.822. The van der Waals surface area contributed by atoms with E-state index in [4.69, 9.17) is 11.6 Å². The van der Waals surface area contributed by atoms with Gasteiger partial charge in [0.2, 0.25) is 5.91 Å². The van der Waals surface area contributed by atoms with E-state index in [-0.39, 0.29) is 5.91 Å². The van der Waals surface area contributed by atoms with Crippen LogP contribution < -0.4 is 4.90 Å². The van der Waals surface area contributed by atoms with Crippen molar-refractivity contribution in [1.82, 2.24) is 4.90 Å². The molecule has 1 aliphatic heterocycles. The number of anilines is 1. The van der Waals surface area contributed by atoms with Crippen LogP contribution in [0.15, 0.2) is 18.2 Å². The number of hydrogen-bond acceptors (Lipinski definition) is 2. The summed E-state index contributed by atoms with van der Waals surface area (Å²) in [6, 6.07) is 3.33. The molecule has 2 rings (SSSR count). The number of halogens is 4. The van der Waals surface area contributed by atoms with Gasteiger partial charge in [-0.3, -0.25) is 4.79 Å². The van der Waals surface area contributed by atoms with E-state index >= 15 is 0 Å². The Morgan fingerprint density at radius 1 is 1.22 bits per heavy atom. The molecule has 1 fully saturated rings. The van der Waals surface area contributed by atoms with Crippen LogP contribution in [-0.4, -0.2) is 37.0 Å². The molecule has 0 aliphatic carbocycles. The fourth-order valence-corrected chi connectivity index (χ4v) is 2.84. The maximum atomic E-state index is 12.8. The maximum Gasteiger partial charge on any atom is 0.416 e. The van der Waals surface area contributed by atoms with E-state index in [1.807, 2.05) is 13.8 Å². The summed E-state index contributed by atoms with van der Waals surface area (Å²) in [5.74, 6) is 0.383. The molecule has 128 valence electrons. The van der Waals surface area contributed by atoms with Crippen LogP contribution >= 0.6 is 11.6 Å². The second-order valence-corrected chi connectivity index (χ2v) is 6.54. The van der Waals surface area contributed by atoms with Gasteiger partial charge in [-0.25, -0.2) is 0 Å². The van der Waals surface area contributed by atoms with Gasteiger partial charge in [-0.05, 0) is 24.1 Å². The molecule has 1 heterocycles. The lowest BCUT2D eigenvalue weighted by Crippen LogP contribution is -2.49. The van der Waals surface area contributed by atoms with E-state index < -0.39 is 11.7 Å². The third-order valence-electron chi connectivity index (χ3n) is 3.83. The van der Waals surface area contributed by atoms with Crippen molar-refractivity contribution >= 4 is 23.2 Å². The van der Waals surface area contributed by atoms with Gasteiger partial charge >= 0.3 is 6.18 Å². The molecule has 0 radical (unpaired) electrons. The molecule has 1 aliphatic rings. The number of carbonyl (C=O) groups is 1. The van der Waals surface area contributed by atoms with Crippen LogP contribution in [0.1, 0.15) is 25.8 Å². The van der Waals surface area contributed by atoms with Gasteiger partial charge in [0.05, 0.1) is 16.3 Å². The molecule has 0 saturated carbocycles. The van der Waals surface area contributed by atoms with Crippen molar-refractivity contribution in [3.8, 4) is 0 Å². The van der Waals surface area contributed by atoms with E-state index in [0.29, 0.717) is 49.2 Å². The summed E-state index contributed by atoms with van der Waals surface area (Å²) in [7, 11) is 0. The molecule has 1 saturated heterocycles. The minimum atomic E-state index is -4.39. The number of amides is 1. The van der Waals surface area contributed by atoms with Crippen molar-refractivity contribution < 1.29 is 18.0 Å². The van der Waals surface area contributed by atoms with Crippen LogP contribution in [0.5, 0.6) is 0 Å². The summed E-state index contributed by atoms with van der Waals surface area (Å²) >= 11 is 6.06. The fraction of sp³-hybridized carbons (Fsp3) is 0.562. The number of alkyl halides is 3. The van der Waals surface area contributed by atoms with Crippen molar-refractivity contribution in [2.75, 3.05) is 31.1 Å². The van der Waals surface area contributed by atoms with Gasteiger partial charge in [0, 0.05) is 32.6 Å². The van der Waals surface area contributed by atoms with Gasteiger partial charge in [0.25, 0.3) is 0 Å². The Morgan fingerprint density at radius 2 is 1.83 bits per heavy atom. The molecule has 0 atom stereocenters. The third-order valence-corrected chi connectivity index (χ3v) is 4.15. The Hall–Kier alpha value is -1.43. The first-order valence-corrected chi connectivity index (χ1v) is 7.95. The van der Waals surface area contributed by atoms with Crippen molar-refractivity contribution in [3.63, 3.8) is 0 Å². The second-order valence-electron chi connectivity index (χ2n) is 6.13. The Balaban J connectivity index is 2.07. The first-order valence-electron chi connectivity index (χ1n) is 7.58. The first-order chi connectivity index (χ1) is 10.7. The van der Waals surface area contributed by atoms with Crippen LogP contribution in [0.3, 0.4) is 0 Å².